The molecule has 1 aromatic rings. The fourth-order valence-electron chi connectivity index (χ4n) is 3.80. The van der Waals surface area contributed by atoms with E-state index in [0.717, 1.165) is 50.3 Å². The van der Waals surface area contributed by atoms with E-state index in [1.165, 1.54) is 11.3 Å². The number of aryl methyl sites for hydroxylation is 1. The summed E-state index contributed by atoms with van der Waals surface area (Å²) in [5, 5.41) is 5.71. The van der Waals surface area contributed by atoms with E-state index in [2.05, 4.69) is 41.2 Å². The van der Waals surface area contributed by atoms with Gasteiger partial charge in [0, 0.05) is 31.6 Å². The van der Waals surface area contributed by atoms with Gasteiger partial charge in [-0.15, -0.1) is 11.3 Å². The van der Waals surface area contributed by atoms with Crippen molar-refractivity contribution in [3.05, 3.63) is 28.2 Å². The van der Waals surface area contributed by atoms with Crippen molar-refractivity contribution in [2.45, 2.75) is 58.2 Å². The van der Waals surface area contributed by atoms with Crippen LogP contribution in [0.5, 0.6) is 0 Å². The smallest absolute Gasteiger partial charge is 0.270 e. The van der Waals surface area contributed by atoms with E-state index in [4.69, 9.17) is 4.74 Å². The number of piperidine rings is 1. The standard InChI is InChI=1S/C20H31N3O2S/c1-15(2)5-4-10-23-11-8-20(9-12-23)7-6-17(25-20)13-21-19(24)18-14-26-16(3)22-18/h4-5,14-15,17H,6-13H2,1-3H3,(H,21,24)/b5-4+. The molecule has 2 saturated heterocycles. The second-order valence-electron chi connectivity index (χ2n) is 7.90. The zero-order valence-corrected chi connectivity index (χ0v) is 17.0. The van der Waals surface area contributed by atoms with Gasteiger partial charge in [0.25, 0.3) is 5.91 Å². The van der Waals surface area contributed by atoms with Crippen LogP contribution in [0.3, 0.4) is 0 Å². The molecular formula is C20H31N3O2S. The van der Waals surface area contributed by atoms with Crippen molar-refractivity contribution in [2.75, 3.05) is 26.2 Å². The minimum atomic E-state index is -0.0920. The molecule has 6 heteroatoms. The van der Waals surface area contributed by atoms with Crippen molar-refractivity contribution in [1.29, 1.82) is 0 Å². The van der Waals surface area contributed by atoms with Crippen LogP contribution in [-0.4, -0.2) is 53.7 Å². The second kappa shape index (κ2) is 8.63. The van der Waals surface area contributed by atoms with Gasteiger partial charge in [0.2, 0.25) is 0 Å². The molecule has 1 spiro atoms. The Morgan fingerprint density at radius 2 is 2.23 bits per heavy atom. The van der Waals surface area contributed by atoms with Crippen molar-refractivity contribution >= 4 is 17.2 Å². The molecule has 3 heterocycles. The zero-order chi connectivity index (χ0) is 18.6. The molecule has 0 radical (unpaired) electrons. The summed E-state index contributed by atoms with van der Waals surface area (Å²) in [7, 11) is 0. The first-order valence-corrected chi connectivity index (χ1v) is 10.6. The number of hydrogen-bond acceptors (Lipinski definition) is 5. The molecule has 1 N–H and O–H groups in total. The first kappa shape index (κ1) is 19.5. The fourth-order valence-corrected chi connectivity index (χ4v) is 4.39. The number of nitrogens with zero attached hydrogens (tertiary/aromatic N) is 2. The maximum absolute atomic E-state index is 12.1. The lowest BCUT2D eigenvalue weighted by Crippen LogP contribution is -2.45. The molecular weight excluding hydrogens is 346 g/mol. The topological polar surface area (TPSA) is 54.5 Å². The van der Waals surface area contributed by atoms with E-state index in [-0.39, 0.29) is 17.6 Å². The summed E-state index contributed by atoms with van der Waals surface area (Å²) in [5.41, 5.74) is 0.549. The molecule has 0 saturated carbocycles. The highest BCUT2D eigenvalue weighted by Crippen LogP contribution is 2.38. The molecule has 1 atom stereocenters. The molecule has 0 bridgehead atoms. The predicted molar refractivity (Wildman–Crippen MR) is 106 cm³/mol. The maximum atomic E-state index is 12.1. The highest BCUT2D eigenvalue weighted by atomic mass is 32.1. The van der Waals surface area contributed by atoms with Crippen LogP contribution in [-0.2, 0) is 4.74 Å². The molecule has 2 fully saturated rings. The van der Waals surface area contributed by atoms with Crippen molar-refractivity contribution in [1.82, 2.24) is 15.2 Å². The largest absolute Gasteiger partial charge is 0.370 e. The van der Waals surface area contributed by atoms with E-state index in [1.54, 1.807) is 0 Å². The van der Waals surface area contributed by atoms with Crippen LogP contribution >= 0.6 is 11.3 Å². The number of rotatable bonds is 6. The second-order valence-corrected chi connectivity index (χ2v) is 8.96. The maximum Gasteiger partial charge on any atom is 0.270 e. The Hall–Kier alpha value is -1.24. The Morgan fingerprint density at radius 1 is 1.46 bits per heavy atom. The highest BCUT2D eigenvalue weighted by Gasteiger charge is 2.42. The molecule has 26 heavy (non-hydrogen) atoms. The Bertz CT molecular complexity index is 633. The van der Waals surface area contributed by atoms with Crippen molar-refractivity contribution in [3.8, 4) is 0 Å². The van der Waals surface area contributed by atoms with Gasteiger partial charge in [-0.1, -0.05) is 26.0 Å². The van der Waals surface area contributed by atoms with Crippen molar-refractivity contribution in [2.24, 2.45) is 5.92 Å². The van der Waals surface area contributed by atoms with Gasteiger partial charge in [-0.3, -0.25) is 9.69 Å². The molecule has 1 aromatic heterocycles. The van der Waals surface area contributed by atoms with Gasteiger partial charge in [-0.25, -0.2) is 4.98 Å². The lowest BCUT2D eigenvalue weighted by atomic mass is 9.88. The SMILES string of the molecule is Cc1nc(C(=O)NCC2CCC3(CCN(C/C=C/C(C)C)CC3)O2)cs1. The number of allylic oxidation sites excluding steroid dienone is 1. The summed E-state index contributed by atoms with van der Waals surface area (Å²) in [4.78, 5) is 18.9. The first-order chi connectivity index (χ1) is 12.5. The summed E-state index contributed by atoms with van der Waals surface area (Å²) in [6, 6.07) is 0. The number of hydrogen-bond donors (Lipinski definition) is 1. The first-order valence-electron chi connectivity index (χ1n) is 9.73. The Morgan fingerprint density at radius 3 is 2.88 bits per heavy atom. The highest BCUT2D eigenvalue weighted by molar-refractivity contribution is 7.09. The van der Waals surface area contributed by atoms with Crippen LogP contribution in [0.2, 0.25) is 0 Å². The number of likely N-dealkylation sites (tertiary alicyclic amines) is 1. The fraction of sp³-hybridized carbons (Fsp3) is 0.700. The van der Waals surface area contributed by atoms with Gasteiger partial charge in [0.05, 0.1) is 16.7 Å². The number of ether oxygens (including phenoxy) is 1. The molecule has 0 aromatic carbocycles. The average molecular weight is 378 g/mol. The van der Waals surface area contributed by atoms with Crippen LogP contribution in [0.4, 0.5) is 0 Å². The normalized spacial score (nSPS) is 23.3. The molecule has 0 aliphatic carbocycles. The van der Waals surface area contributed by atoms with Crippen LogP contribution in [0.15, 0.2) is 17.5 Å². The monoisotopic (exact) mass is 377 g/mol. The lowest BCUT2D eigenvalue weighted by molar-refractivity contribution is -0.0741. The third-order valence-corrected chi connectivity index (χ3v) is 6.11. The summed E-state index contributed by atoms with van der Waals surface area (Å²) in [6.07, 6.45) is 9.03. The number of nitrogens with one attached hydrogen (secondary N) is 1. The van der Waals surface area contributed by atoms with Crippen LogP contribution in [0.1, 0.15) is 55.0 Å². The summed E-state index contributed by atoms with van der Waals surface area (Å²) in [6.45, 7) is 10.2. The third kappa shape index (κ3) is 5.15. The molecule has 3 rings (SSSR count). The molecule has 2 aliphatic heterocycles. The van der Waals surface area contributed by atoms with E-state index < -0.39 is 0 Å². The minimum absolute atomic E-state index is 0.0326. The zero-order valence-electron chi connectivity index (χ0n) is 16.2. The lowest BCUT2D eigenvalue weighted by Gasteiger charge is -2.38. The molecule has 1 unspecified atom stereocenters. The van der Waals surface area contributed by atoms with Gasteiger partial charge in [-0.2, -0.15) is 0 Å². The number of carbonyl (C=O) groups is 1. The van der Waals surface area contributed by atoms with Gasteiger partial charge in [-0.05, 0) is 38.5 Å². The van der Waals surface area contributed by atoms with E-state index in [9.17, 15) is 4.79 Å². The van der Waals surface area contributed by atoms with Crippen molar-refractivity contribution < 1.29 is 9.53 Å². The predicted octanol–water partition coefficient (Wildman–Crippen LogP) is 3.41. The minimum Gasteiger partial charge on any atom is -0.370 e. The molecule has 5 nitrogen and oxygen atoms in total. The van der Waals surface area contributed by atoms with Crippen molar-refractivity contribution in [3.63, 3.8) is 0 Å². The van der Waals surface area contributed by atoms with Crippen LogP contribution in [0, 0.1) is 12.8 Å². The van der Waals surface area contributed by atoms with Gasteiger partial charge < -0.3 is 10.1 Å². The summed E-state index contributed by atoms with van der Waals surface area (Å²) < 4.78 is 6.40. The molecule has 2 aliphatic rings. The van der Waals surface area contributed by atoms with Gasteiger partial charge in [0.15, 0.2) is 0 Å². The third-order valence-electron chi connectivity index (χ3n) is 5.33. The van der Waals surface area contributed by atoms with E-state index in [0.29, 0.717) is 18.2 Å². The Kier molecular flexibility index (Phi) is 6.48. The van der Waals surface area contributed by atoms with Crippen LogP contribution in [0.25, 0.3) is 0 Å². The van der Waals surface area contributed by atoms with Gasteiger partial charge >= 0.3 is 0 Å². The van der Waals surface area contributed by atoms with E-state index >= 15 is 0 Å². The van der Waals surface area contributed by atoms with E-state index in [1.807, 2.05) is 12.3 Å². The molecule has 144 valence electrons. The van der Waals surface area contributed by atoms with Crippen LogP contribution < -0.4 is 5.32 Å². The van der Waals surface area contributed by atoms with Gasteiger partial charge in [0.1, 0.15) is 5.69 Å². The number of aromatic nitrogens is 1. The summed E-state index contributed by atoms with van der Waals surface area (Å²) >= 11 is 1.50. The number of carbonyl (C=O) groups excluding carboxylic acids is 1. The Labute approximate surface area is 160 Å². The Balaban J connectivity index is 1.40. The average Bonchev–Trinajstić information content (AvgIpc) is 3.21. The quantitative estimate of drug-likeness (QED) is 0.772. The number of thiazole rings is 1. The summed E-state index contributed by atoms with van der Waals surface area (Å²) in [5.74, 6) is 0.527. The number of amides is 1. The molecule has 1 amide bonds.